The maximum Gasteiger partial charge on any atom is 0.340 e. The number of Topliss-reactive ketones (excluding diaryl/α,β-unsaturated/α-hetero) is 1. The molecular weight excluding hydrogens is 434 g/mol. The fourth-order valence-corrected chi connectivity index (χ4v) is 6.55. The highest BCUT2D eigenvalue weighted by Crippen LogP contribution is 2.62. The van der Waals surface area contributed by atoms with E-state index in [0.29, 0.717) is 17.6 Å². The summed E-state index contributed by atoms with van der Waals surface area (Å²) in [5.41, 5.74) is -2.87. The van der Waals surface area contributed by atoms with Crippen molar-refractivity contribution in [2.75, 3.05) is 6.61 Å². The van der Waals surface area contributed by atoms with E-state index in [2.05, 4.69) is 6.92 Å². The Morgan fingerprint density at radius 1 is 1.21 bits per heavy atom. The summed E-state index contributed by atoms with van der Waals surface area (Å²) in [6, 6.07) is 0. The van der Waals surface area contributed by atoms with Crippen LogP contribution in [-0.4, -0.2) is 57.2 Å². The average molecular weight is 474 g/mol. The summed E-state index contributed by atoms with van der Waals surface area (Å²) >= 11 is 0. The predicted octanol–water partition coefficient (Wildman–Crippen LogP) is 3.13. The molecule has 0 amide bonds. The number of hydrogen-bond acceptors (Lipinski definition) is 7. The second-order valence-electron chi connectivity index (χ2n) is 11.4. The van der Waals surface area contributed by atoms with Gasteiger partial charge in [0.2, 0.25) is 0 Å². The van der Waals surface area contributed by atoms with E-state index in [-0.39, 0.29) is 34.5 Å². The van der Waals surface area contributed by atoms with Crippen molar-refractivity contribution in [2.45, 2.75) is 79.6 Å². The van der Waals surface area contributed by atoms with E-state index in [0.717, 1.165) is 0 Å². The molecule has 3 aliphatic carbocycles. The molecular formula is C27H39NO6. The summed E-state index contributed by atoms with van der Waals surface area (Å²) in [6.07, 6.45) is 0.984. The number of hydrogen-bond donors (Lipinski definition) is 4. The summed E-state index contributed by atoms with van der Waals surface area (Å²) in [4.78, 5) is 27.5. The topological polar surface area (TPSA) is 128 Å². The molecule has 7 nitrogen and oxygen atoms in total. The van der Waals surface area contributed by atoms with Crippen LogP contribution in [0.3, 0.4) is 0 Å². The molecule has 0 saturated heterocycles. The highest BCUT2D eigenvalue weighted by molar-refractivity contribution is 6.18. The van der Waals surface area contributed by atoms with Gasteiger partial charge in [0.25, 0.3) is 0 Å². The largest absolute Gasteiger partial charge is 0.451 e. The Labute approximate surface area is 202 Å². The number of ether oxygens (including phenoxy) is 1. The van der Waals surface area contributed by atoms with Crippen molar-refractivity contribution in [1.82, 2.24) is 0 Å². The van der Waals surface area contributed by atoms with Crippen molar-refractivity contribution >= 4 is 17.5 Å². The van der Waals surface area contributed by atoms with Crippen LogP contribution in [0.15, 0.2) is 34.4 Å². The van der Waals surface area contributed by atoms with Crippen LogP contribution in [0.2, 0.25) is 0 Å². The second kappa shape index (κ2) is 8.54. The summed E-state index contributed by atoms with van der Waals surface area (Å²) in [6.45, 7) is 14.0. The number of esters is 1. The fourth-order valence-electron chi connectivity index (χ4n) is 6.55. The Kier molecular flexibility index (Phi) is 6.66. The van der Waals surface area contributed by atoms with Gasteiger partial charge in [-0.05, 0) is 62.5 Å². The van der Waals surface area contributed by atoms with Crippen LogP contribution in [0.25, 0.3) is 0 Å². The lowest BCUT2D eigenvalue weighted by atomic mass is 9.59. The minimum atomic E-state index is -2.20. The van der Waals surface area contributed by atoms with Crippen LogP contribution < -0.4 is 0 Å². The van der Waals surface area contributed by atoms with Gasteiger partial charge in [0.05, 0.1) is 17.6 Å². The zero-order valence-corrected chi connectivity index (χ0v) is 21.5. The molecule has 188 valence electrons. The Balaban J connectivity index is 2.27. The van der Waals surface area contributed by atoms with Crippen molar-refractivity contribution in [3.05, 3.63) is 34.4 Å². The predicted molar refractivity (Wildman–Crippen MR) is 129 cm³/mol. The van der Waals surface area contributed by atoms with E-state index >= 15 is 0 Å². The number of carbonyl (C=O) groups is 2. The van der Waals surface area contributed by atoms with Crippen LogP contribution in [0, 0.1) is 34.0 Å². The number of carbonyl (C=O) groups excluding carboxylic acids is 2. The third kappa shape index (κ3) is 3.39. The fraction of sp³-hybridized carbons (Fsp3) is 0.667. The first-order valence-electron chi connectivity index (χ1n) is 12.0. The maximum atomic E-state index is 14.3. The summed E-state index contributed by atoms with van der Waals surface area (Å²) < 4.78 is 5.83. The molecule has 6 unspecified atom stereocenters. The van der Waals surface area contributed by atoms with Crippen LogP contribution in [0.5, 0.6) is 0 Å². The molecule has 0 heterocycles. The van der Waals surface area contributed by atoms with Crippen molar-refractivity contribution in [3.63, 3.8) is 0 Å². The number of ketones is 1. The maximum absolute atomic E-state index is 14.3. The molecule has 0 aliphatic heterocycles. The molecule has 1 spiro atoms. The first-order chi connectivity index (χ1) is 15.6. The van der Waals surface area contributed by atoms with E-state index in [1.807, 2.05) is 20.8 Å². The Bertz CT molecular complexity index is 1020. The lowest BCUT2D eigenvalue weighted by Crippen LogP contribution is -2.65. The van der Waals surface area contributed by atoms with Gasteiger partial charge >= 0.3 is 5.97 Å². The van der Waals surface area contributed by atoms with Gasteiger partial charge in [-0.2, -0.15) is 0 Å². The van der Waals surface area contributed by atoms with E-state index in [1.54, 1.807) is 32.9 Å². The SMILES string of the molecule is CC(=N)C(C(=O)OC1C(C)=CC23C(=O)C(C=C(CO)C(O)C12O)C(C)(C)C(C)C[C@H]3C)=C(C)C. The van der Waals surface area contributed by atoms with Gasteiger partial charge < -0.3 is 25.5 Å². The summed E-state index contributed by atoms with van der Waals surface area (Å²) in [7, 11) is 0. The Hall–Kier alpha value is -2.09. The normalized spacial score (nSPS) is 38.7. The Morgan fingerprint density at radius 3 is 2.29 bits per heavy atom. The second-order valence-corrected chi connectivity index (χ2v) is 11.4. The number of aliphatic hydroxyl groups is 3. The van der Waals surface area contributed by atoms with Gasteiger partial charge in [-0.25, -0.2) is 4.79 Å². The number of fused-ring (bicyclic) bond motifs is 1. The van der Waals surface area contributed by atoms with Crippen LogP contribution in [-0.2, 0) is 14.3 Å². The van der Waals surface area contributed by atoms with E-state index in [9.17, 15) is 24.9 Å². The molecule has 3 rings (SSSR count). The van der Waals surface area contributed by atoms with Crippen molar-refractivity contribution in [1.29, 1.82) is 5.41 Å². The minimum absolute atomic E-state index is 0.0261. The number of rotatable bonds is 4. The molecule has 0 aromatic carbocycles. The average Bonchev–Trinajstić information content (AvgIpc) is 2.89. The molecule has 0 radical (unpaired) electrons. The molecule has 0 aromatic heterocycles. The smallest absolute Gasteiger partial charge is 0.340 e. The van der Waals surface area contributed by atoms with Crippen LogP contribution >= 0.6 is 0 Å². The van der Waals surface area contributed by atoms with Gasteiger partial charge in [0.15, 0.2) is 17.5 Å². The van der Waals surface area contributed by atoms with E-state index in [4.69, 9.17) is 10.1 Å². The molecule has 1 saturated carbocycles. The lowest BCUT2D eigenvalue weighted by molar-refractivity contribution is -0.201. The van der Waals surface area contributed by atoms with Crippen molar-refractivity contribution in [2.24, 2.45) is 28.6 Å². The molecule has 1 fully saturated rings. The molecule has 7 atom stereocenters. The minimum Gasteiger partial charge on any atom is -0.451 e. The van der Waals surface area contributed by atoms with Gasteiger partial charge in [-0.15, -0.1) is 0 Å². The molecule has 7 heteroatoms. The number of aliphatic hydroxyl groups excluding tert-OH is 2. The molecule has 34 heavy (non-hydrogen) atoms. The Morgan fingerprint density at radius 2 is 1.79 bits per heavy atom. The highest BCUT2D eigenvalue weighted by Gasteiger charge is 2.73. The van der Waals surface area contributed by atoms with Gasteiger partial charge in [0, 0.05) is 11.6 Å². The van der Waals surface area contributed by atoms with Gasteiger partial charge in [-0.3, -0.25) is 4.79 Å². The molecule has 4 N–H and O–H groups in total. The lowest BCUT2D eigenvalue weighted by Gasteiger charge is -2.48. The van der Waals surface area contributed by atoms with Crippen LogP contribution in [0.4, 0.5) is 0 Å². The van der Waals surface area contributed by atoms with Crippen LogP contribution in [0.1, 0.15) is 61.8 Å². The summed E-state index contributed by atoms with van der Waals surface area (Å²) in [5, 5.41) is 42.1. The molecule has 2 bridgehead atoms. The third-order valence-corrected chi connectivity index (χ3v) is 8.81. The number of allylic oxidation sites excluding steroid dienone is 2. The zero-order chi connectivity index (χ0) is 26.0. The highest BCUT2D eigenvalue weighted by atomic mass is 16.6. The summed E-state index contributed by atoms with van der Waals surface area (Å²) in [5.74, 6) is -1.92. The van der Waals surface area contributed by atoms with E-state index < -0.39 is 47.1 Å². The zero-order valence-electron chi connectivity index (χ0n) is 21.5. The van der Waals surface area contributed by atoms with Gasteiger partial charge in [-0.1, -0.05) is 45.4 Å². The standard InChI is InChI=1S/C27H39NO6/c1-13(2)20(17(6)28)24(32)34-23-14(3)11-26-16(5)9-15(4)25(7,8)19(22(26)31)10-18(12-29)21(30)27(23,26)33/h10-11,15-16,19,21,23,28-30,33H,9,12H2,1-8H3/t15?,16-,19?,21?,23?,26?,27?/m1/s1. The molecule has 3 aliphatic rings. The quantitative estimate of drug-likeness (QED) is 0.215. The third-order valence-electron chi connectivity index (χ3n) is 8.81. The first-order valence-corrected chi connectivity index (χ1v) is 12.0. The molecule has 0 aromatic rings. The van der Waals surface area contributed by atoms with Gasteiger partial charge in [0.1, 0.15) is 6.10 Å². The van der Waals surface area contributed by atoms with Crippen molar-refractivity contribution < 1.29 is 29.6 Å². The van der Waals surface area contributed by atoms with Crippen molar-refractivity contribution in [3.8, 4) is 0 Å². The monoisotopic (exact) mass is 473 g/mol. The van der Waals surface area contributed by atoms with E-state index in [1.165, 1.54) is 6.92 Å². The first kappa shape index (κ1) is 26.5. The number of nitrogens with one attached hydrogen (secondary N) is 1.